The van der Waals surface area contributed by atoms with Gasteiger partial charge in [0.2, 0.25) is 0 Å². The van der Waals surface area contributed by atoms with Gasteiger partial charge in [0.25, 0.3) is 11.8 Å². The van der Waals surface area contributed by atoms with E-state index in [0.29, 0.717) is 23.5 Å². The second kappa shape index (κ2) is 7.15. The maximum Gasteiger partial charge on any atom is 0.265 e. The minimum atomic E-state index is -0.298. The van der Waals surface area contributed by atoms with Crippen LogP contribution in [0.5, 0.6) is 5.75 Å². The van der Waals surface area contributed by atoms with Crippen LogP contribution < -0.4 is 10.1 Å². The Morgan fingerprint density at radius 2 is 2.04 bits per heavy atom. The van der Waals surface area contributed by atoms with Gasteiger partial charge in [0.1, 0.15) is 5.75 Å². The van der Waals surface area contributed by atoms with E-state index in [9.17, 15) is 9.59 Å². The van der Waals surface area contributed by atoms with Crippen molar-refractivity contribution in [3.05, 3.63) is 51.7 Å². The molecule has 1 aliphatic heterocycles. The Balaban J connectivity index is 1.79. The molecule has 0 radical (unpaired) electrons. The maximum atomic E-state index is 12.3. The van der Waals surface area contributed by atoms with E-state index in [0.717, 1.165) is 17.9 Å². The summed E-state index contributed by atoms with van der Waals surface area (Å²) in [4.78, 5) is 26.8. The highest BCUT2D eigenvalue weighted by Gasteiger charge is 2.35. The van der Waals surface area contributed by atoms with E-state index in [2.05, 4.69) is 16.8 Å². The number of thiophene rings is 1. The Bertz CT molecular complexity index is 743. The lowest BCUT2D eigenvalue weighted by Gasteiger charge is -2.17. The van der Waals surface area contributed by atoms with Gasteiger partial charge in [-0.05, 0) is 43.6 Å². The molecule has 1 atom stereocenters. The number of hydrogen-bond donors (Lipinski definition) is 1. The standard InChI is InChI=1S/C18H20N2O3S/c1-19-9-8-12(15-7-4-10-24-15)11-23-14-6-3-5-13-16(14)18(22)20(2)17(13)21/h3-7,10,12,19H,8-9,11H2,1-2H3. The molecule has 1 aromatic heterocycles. The molecule has 0 aliphatic carbocycles. The van der Waals surface area contributed by atoms with E-state index in [1.807, 2.05) is 13.1 Å². The van der Waals surface area contributed by atoms with Crippen LogP contribution in [0.2, 0.25) is 0 Å². The fourth-order valence-electron chi connectivity index (χ4n) is 2.83. The predicted molar refractivity (Wildman–Crippen MR) is 94.0 cm³/mol. The molecule has 24 heavy (non-hydrogen) atoms. The molecule has 1 unspecified atom stereocenters. The van der Waals surface area contributed by atoms with Crippen molar-refractivity contribution in [2.24, 2.45) is 0 Å². The van der Waals surface area contributed by atoms with Gasteiger partial charge >= 0.3 is 0 Å². The number of ether oxygens (including phenoxy) is 1. The van der Waals surface area contributed by atoms with Crippen molar-refractivity contribution in [3.8, 4) is 5.75 Å². The normalized spacial score (nSPS) is 14.8. The number of rotatable bonds is 7. The Labute approximate surface area is 145 Å². The molecule has 126 valence electrons. The molecule has 0 fully saturated rings. The smallest absolute Gasteiger partial charge is 0.265 e. The zero-order valence-corrected chi connectivity index (χ0v) is 14.6. The van der Waals surface area contributed by atoms with E-state index in [4.69, 9.17) is 4.74 Å². The number of amides is 2. The van der Waals surface area contributed by atoms with Crippen LogP contribution >= 0.6 is 11.3 Å². The lowest BCUT2D eigenvalue weighted by molar-refractivity contribution is 0.0692. The van der Waals surface area contributed by atoms with Gasteiger partial charge in [0.05, 0.1) is 17.7 Å². The third-order valence-corrected chi connectivity index (χ3v) is 5.24. The van der Waals surface area contributed by atoms with E-state index >= 15 is 0 Å². The Morgan fingerprint density at radius 3 is 2.75 bits per heavy atom. The summed E-state index contributed by atoms with van der Waals surface area (Å²) in [7, 11) is 3.42. The SMILES string of the molecule is CNCCC(COc1cccc2c1C(=O)N(C)C2=O)c1cccs1. The van der Waals surface area contributed by atoms with Gasteiger partial charge in [-0.15, -0.1) is 11.3 Å². The number of nitrogens with one attached hydrogen (secondary N) is 1. The highest BCUT2D eigenvalue weighted by Crippen LogP contribution is 2.32. The van der Waals surface area contributed by atoms with Gasteiger partial charge in [-0.3, -0.25) is 14.5 Å². The summed E-state index contributed by atoms with van der Waals surface area (Å²) in [6.45, 7) is 1.36. The fraction of sp³-hybridized carbons (Fsp3) is 0.333. The van der Waals surface area contributed by atoms with Gasteiger partial charge in [-0.2, -0.15) is 0 Å². The molecule has 1 aromatic carbocycles. The fourth-order valence-corrected chi connectivity index (χ4v) is 3.68. The van der Waals surface area contributed by atoms with E-state index < -0.39 is 0 Å². The molecule has 6 heteroatoms. The summed E-state index contributed by atoms with van der Waals surface area (Å²) in [6.07, 6.45) is 0.943. The molecule has 1 N–H and O–H groups in total. The summed E-state index contributed by atoms with van der Waals surface area (Å²) >= 11 is 1.71. The van der Waals surface area contributed by atoms with Gasteiger partial charge < -0.3 is 10.1 Å². The highest BCUT2D eigenvalue weighted by molar-refractivity contribution is 7.10. The molecule has 2 heterocycles. The molecule has 5 nitrogen and oxygen atoms in total. The Kier molecular flexibility index (Phi) is 4.97. The average molecular weight is 344 g/mol. The summed E-state index contributed by atoms with van der Waals surface area (Å²) in [5, 5.41) is 5.22. The van der Waals surface area contributed by atoms with Crippen molar-refractivity contribution < 1.29 is 14.3 Å². The molecular formula is C18H20N2O3S. The molecule has 0 saturated carbocycles. The summed E-state index contributed by atoms with van der Waals surface area (Å²) in [5.74, 6) is 0.165. The van der Waals surface area contributed by atoms with Crippen LogP contribution in [-0.2, 0) is 0 Å². The first-order valence-electron chi connectivity index (χ1n) is 7.89. The number of nitrogens with zero attached hydrogens (tertiary/aromatic N) is 1. The number of fused-ring (bicyclic) bond motifs is 1. The van der Waals surface area contributed by atoms with Crippen LogP contribution in [0.25, 0.3) is 0 Å². The molecule has 0 spiro atoms. The van der Waals surface area contributed by atoms with Crippen molar-refractivity contribution in [1.29, 1.82) is 0 Å². The van der Waals surface area contributed by atoms with Crippen molar-refractivity contribution in [2.45, 2.75) is 12.3 Å². The second-order valence-corrected chi connectivity index (χ2v) is 6.74. The van der Waals surface area contributed by atoms with E-state index in [1.54, 1.807) is 29.5 Å². The number of carbonyl (C=O) groups is 2. The van der Waals surface area contributed by atoms with Crippen LogP contribution in [0.3, 0.4) is 0 Å². The largest absolute Gasteiger partial charge is 0.492 e. The molecule has 2 amide bonds. The van der Waals surface area contributed by atoms with Crippen LogP contribution in [0.4, 0.5) is 0 Å². The Morgan fingerprint density at radius 1 is 1.21 bits per heavy atom. The maximum absolute atomic E-state index is 12.3. The molecule has 0 bridgehead atoms. The van der Waals surface area contributed by atoms with Crippen molar-refractivity contribution in [1.82, 2.24) is 10.2 Å². The lowest BCUT2D eigenvalue weighted by atomic mass is 10.0. The zero-order chi connectivity index (χ0) is 17.1. The van der Waals surface area contributed by atoms with Gasteiger partial charge in [-0.25, -0.2) is 0 Å². The first-order chi connectivity index (χ1) is 11.6. The van der Waals surface area contributed by atoms with Crippen molar-refractivity contribution in [2.75, 3.05) is 27.2 Å². The molecule has 3 rings (SSSR count). The predicted octanol–water partition coefficient (Wildman–Crippen LogP) is 2.75. The summed E-state index contributed by atoms with van der Waals surface area (Å²) < 4.78 is 5.98. The third kappa shape index (κ3) is 3.07. The topological polar surface area (TPSA) is 58.6 Å². The van der Waals surface area contributed by atoms with Crippen molar-refractivity contribution in [3.63, 3.8) is 0 Å². The van der Waals surface area contributed by atoms with Crippen LogP contribution in [0, 0.1) is 0 Å². The number of hydrogen-bond acceptors (Lipinski definition) is 5. The molecule has 1 aliphatic rings. The Hall–Kier alpha value is -2.18. The molecule has 0 saturated heterocycles. The van der Waals surface area contributed by atoms with Crippen molar-refractivity contribution >= 4 is 23.2 Å². The van der Waals surface area contributed by atoms with Gasteiger partial charge in [0, 0.05) is 17.8 Å². The minimum absolute atomic E-state index is 0.248. The number of benzene rings is 1. The average Bonchev–Trinajstić information content (AvgIpc) is 3.20. The van der Waals surface area contributed by atoms with Crippen LogP contribution in [-0.4, -0.2) is 44.0 Å². The monoisotopic (exact) mass is 344 g/mol. The molecular weight excluding hydrogens is 324 g/mol. The second-order valence-electron chi connectivity index (χ2n) is 5.76. The molecule has 2 aromatic rings. The number of carbonyl (C=O) groups excluding carboxylic acids is 2. The quantitative estimate of drug-likeness (QED) is 0.785. The summed E-state index contributed by atoms with van der Waals surface area (Å²) in [6, 6.07) is 9.32. The summed E-state index contributed by atoms with van der Waals surface area (Å²) in [5.41, 5.74) is 0.798. The van der Waals surface area contributed by atoms with Crippen LogP contribution in [0.15, 0.2) is 35.7 Å². The minimum Gasteiger partial charge on any atom is -0.492 e. The first kappa shape index (κ1) is 16.7. The highest BCUT2D eigenvalue weighted by atomic mass is 32.1. The first-order valence-corrected chi connectivity index (χ1v) is 8.77. The van der Waals surface area contributed by atoms with Gasteiger partial charge in [0.15, 0.2) is 0 Å². The van der Waals surface area contributed by atoms with E-state index in [1.165, 1.54) is 11.9 Å². The third-order valence-electron chi connectivity index (χ3n) is 4.21. The lowest BCUT2D eigenvalue weighted by Crippen LogP contribution is -2.24. The van der Waals surface area contributed by atoms with Crippen LogP contribution in [0.1, 0.15) is 37.9 Å². The number of imide groups is 1. The zero-order valence-electron chi connectivity index (χ0n) is 13.7. The van der Waals surface area contributed by atoms with Gasteiger partial charge in [-0.1, -0.05) is 12.1 Å². The van der Waals surface area contributed by atoms with E-state index in [-0.39, 0.29) is 17.7 Å².